The maximum atomic E-state index is 11.7. The zero-order chi connectivity index (χ0) is 16.4. The summed E-state index contributed by atoms with van der Waals surface area (Å²) in [6.07, 6.45) is 5.19. The predicted molar refractivity (Wildman–Crippen MR) is 86.2 cm³/mol. The molecule has 7 nitrogen and oxygen atoms in total. The first-order valence-electron chi connectivity index (χ1n) is 7.50. The number of hydrogen-bond acceptors (Lipinski definition) is 3. The maximum absolute atomic E-state index is 11.7. The molecule has 23 heavy (non-hydrogen) atoms. The van der Waals surface area contributed by atoms with Crippen LogP contribution < -0.4 is 16.4 Å². The molecule has 120 valence electrons. The molecular formula is C16H19N5O2. The van der Waals surface area contributed by atoms with Gasteiger partial charge in [0.2, 0.25) is 0 Å². The first-order valence-corrected chi connectivity index (χ1v) is 7.50. The summed E-state index contributed by atoms with van der Waals surface area (Å²) in [5, 5.41) is 9.83. The van der Waals surface area contributed by atoms with E-state index in [1.807, 2.05) is 25.1 Å². The van der Waals surface area contributed by atoms with E-state index in [0.29, 0.717) is 18.2 Å². The SMILES string of the molecule is Cc1cc(NC(=O)NC2CC2)ccc1Cn1cc(C(N)=O)cn1. The second-order valence-electron chi connectivity index (χ2n) is 5.80. The summed E-state index contributed by atoms with van der Waals surface area (Å²) in [6.45, 7) is 2.51. The van der Waals surface area contributed by atoms with Crippen molar-refractivity contribution in [1.82, 2.24) is 15.1 Å². The highest BCUT2D eigenvalue weighted by molar-refractivity contribution is 5.92. The lowest BCUT2D eigenvalue weighted by Crippen LogP contribution is -2.30. The van der Waals surface area contributed by atoms with Crippen LogP contribution in [0.25, 0.3) is 0 Å². The average Bonchev–Trinajstić information content (AvgIpc) is 3.16. The number of benzene rings is 1. The Kier molecular flexibility index (Phi) is 4.01. The number of carbonyl (C=O) groups is 2. The van der Waals surface area contributed by atoms with Crippen LogP contribution in [0.3, 0.4) is 0 Å². The third-order valence-corrected chi connectivity index (χ3v) is 3.76. The van der Waals surface area contributed by atoms with Gasteiger partial charge in [0.05, 0.1) is 18.3 Å². The highest BCUT2D eigenvalue weighted by Gasteiger charge is 2.23. The summed E-state index contributed by atoms with van der Waals surface area (Å²) < 4.78 is 1.66. The second kappa shape index (κ2) is 6.12. The summed E-state index contributed by atoms with van der Waals surface area (Å²) in [4.78, 5) is 22.8. The number of primary amides is 1. The number of urea groups is 1. The number of aryl methyl sites for hydroxylation is 1. The molecule has 0 saturated heterocycles. The lowest BCUT2D eigenvalue weighted by Gasteiger charge is -2.10. The van der Waals surface area contributed by atoms with E-state index in [1.165, 1.54) is 6.20 Å². The molecule has 1 fully saturated rings. The molecule has 1 heterocycles. The van der Waals surface area contributed by atoms with E-state index in [9.17, 15) is 9.59 Å². The van der Waals surface area contributed by atoms with Crippen LogP contribution in [0.5, 0.6) is 0 Å². The van der Waals surface area contributed by atoms with Crippen molar-refractivity contribution >= 4 is 17.6 Å². The summed E-state index contributed by atoms with van der Waals surface area (Å²) in [7, 11) is 0. The number of aromatic nitrogens is 2. The number of nitrogens with zero attached hydrogens (tertiary/aromatic N) is 2. The van der Waals surface area contributed by atoms with Crippen molar-refractivity contribution in [3.63, 3.8) is 0 Å². The van der Waals surface area contributed by atoms with Crippen LogP contribution in [-0.2, 0) is 6.54 Å². The number of carbonyl (C=O) groups excluding carboxylic acids is 2. The maximum Gasteiger partial charge on any atom is 0.319 e. The van der Waals surface area contributed by atoms with E-state index in [2.05, 4.69) is 15.7 Å². The van der Waals surface area contributed by atoms with Crippen molar-refractivity contribution in [2.24, 2.45) is 5.73 Å². The first-order chi connectivity index (χ1) is 11.0. The summed E-state index contributed by atoms with van der Waals surface area (Å²) in [6, 6.07) is 5.87. The zero-order valence-corrected chi connectivity index (χ0v) is 12.9. The standard InChI is InChI=1S/C16H19N5O2/c1-10-6-14(20-16(23)19-13-4-5-13)3-2-11(10)8-21-9-12(7-18-21)15(17)22/h2-3,6-7,9,13H,4-5,8H2,1H3,(H2,17,22)(H2,19,20,23). The van der Waals surface area contributed by atoms with Gasteiger partial charge in [-0.25, -0.2) is 4.79 Å². The van der Waals surface area contributed by atoms with Gasteiger partial charge >= 0.3 is 6.03 Å². The van der Waals surface area contributed by atoms with Crippen molar-refractivity contribution < 1.29 is 9.59 Å². The third-order valence-electron chi connectivity index (χ3n) is 3.76. The van der Waals surface area contributed by atoms with Crippen LogP contribution in [-0.4, -0.2) is 27.8 Å². The van der Waals surface area contributed by atoms with Crippen LogP contribution in [0.2, 0.25) is 0 Å². The lowest BCUT2D eigenvalue weighted by molar-refractivity contribution is 0.1000. The summed E-state index contributed by atoms with van der Waals surface area (Å²) in [5.74, 6) is -0.491. The molecule has 0 bridgehead atoms. The number of nitrogens with two attached hydrogens (primary N) is 1. The van der Waals surface area contributed by atoms with Gasteiger partial charge in [0.15, 0.2) is 0 Å². The third kappa shape index (κ3) is 3.88. The number of anilines is 1. The first kappa shape index (κ1) is 15.1. The largest absolute Gasteiger partial charge is 0.366 e. The van der Waals surface area contributed by atoms with Crippen molar-refractivity contribution in [3.8, 4) is 0 Å². The Morgan fingerprint density at radius 2 is 2.17 bits per heavy atom. The Morgan fingerprint density at radius 3 is 2.78 bits per heavy atom. The van der Waals surface area contributed by atoms with Gasteiger partial charge in [-0.05, 0) is 43.0 Å². The van der Waals surface area contributed by atoms with E-state index >= 15 is 0 Å². The molecule has 0 atom stereocenters. The van der Waals surface area contributed by atoms with Crippen LogP contribution in [0.1, 0.15) is 34.3 Å². The van der Waals surface area contributed by atoms with Gasteiger partial charge in [-0.1, -0.05) is 6.07 Å². The van der Waals surface area contributed by atoms with Crippen molar-refractivity contribution in [1.29, 1.82) is 0 Å². The zero-order valence-electron chi connectivity index (χ0n) is 12.9. The predicted octanol–water partition coefficient (Wildman–Crippen LogP) is 1.62. The minimum Gasteiger partial charge on any atom is -0.366 e. The Labute approximate surface area is 133 Å². The van der Waals surface area contributed by atoms with Crippen LogP contribution in [0.15, 0.2) is 30.6 Å². The van der Waals surface area contributed by atoms with Gasteiger partial charge < -0.3 is 16.4 Å². The Hall–Kier alpha value is -2.83. The Balaban J connectivity index is 1.65. The lowest BCUT2D eigenvalue weighted by atomic mass is 10.1. The molecular weight excluding hydrogens is 294 g/mol. The van der Waals surface area contributed by atoms with Gasteiger partial charge in [-0.3, -0.25) is 9.48 Å². The Bertz CT molecular complexity index is 749. The molecule has 3 rings (SSSR count). The molecule has 1 saturated carbocycles. The molecule has 4 N–H and O–H groups in total. The number of hydrogen-bond donors (Lipinski definition) is 3. The van der Waals surface area contributed by atoms with Crippen LogP contribution in [0.4, 0.5) is 10.5 Å². The van der Waals surface area contributed by atoms with Crippen molar-refractivity contribution in [2.75, 3.05) is 5.32 Å². The van der Waals surface area contributed by atoms with E-state index in [-0.39, 0.29) is 6.03 Å². The molecule has 7 heteroatoms. The van der Waals surface area contributed by atoms with Crippen molar-refractivity contribution in [3.05, 3.63) is 47.3 Å². The highest BCUT2D eigenvalue weighted by atomic mass is 16.2. The van der Waals surface area contributed by atoms with E-state index in [0.717, 1.165) is 29.7 Å². The summed E-state index contributed by atoms with van der Waals surface area (Å²) in [5.41, 5.74) is 8.44. The molecule has 1 aromatic heterocycles. The molecule has 0 unspecified atom stereocenters. The molecule has 0 aliphatic heterocycles. The monoisotopic (exact) mass is 313 g/mol. The quantitative estimate of drug-likeness (QED) is 0.781. The summed E-state index contributed by atoms with van der Waals surface area (Å²) >= 11 is 0. The van der Waals surface area contributed by atoms with Gasteiger partial charge in [0.1, 0.15) is 0 Å². The number of amides is 3. The van der Waals surface area contributed by atoms with E-state index < -0.39 is 5.91 Å². The minimum atomic E-state index is -0.491. The fraction of sp³-hybridized carbons (Fsp3) is 0.312. The van der Waals surface area contributed by atoms with Crippen LogP contribution >= 0.6 is 0 Å². The van der Waals surface area contributed by atoms with E-state index in [4.69, 9.17) is 5.73 Å². The van der Waals surface area contributed by atoms with E-state index in [1.54, 1.807) is 10.9 Å². The molecule has 1 aromatic carbocycles. The smallest absolute Gasteiger partial charge is 0.319 e. The van der Waals surface area contributed by atoms with Gasteiger partial charge in [0, 0.05) is 17.9 Å². The number of nitrogens with one attached hydrogen (secondary N) is 2. The molecule has 1 aliphatic rings. The molecule has 0 spiro atoms. The highest BCUT2D eigenvalue weighted by Crippen LogP contribution is 2.20. The minimum absolute atomic E-state index is 0.169. The van der Waals surface area contributed by atoms with Gasteiger partial charge in [0.25, 0.3) is 5.91 Å². The Morgan fingerprint density at radius 1 is 1.39 bits per heavy atom. The fourth-order valence-corrected chi connectivity index (χ4v) is 2.28. The number of rotatable bonds is 5. The topological polar surface area (TPSA) is 102 Å². The fourth-order valence-electron chi connectivity index (χ4n) is 2.28. The van der Waals surface area contributed by atoms with Gasteiger partial charge in [-0.15, -0.1) is 0 Å². The normalized spacial score (nSPS) is 13.6. The van der Waals surface area contributed by atoms with Crippen LogP contribution in [0, 0.1) is 6.92 Å². The molecule has 1 aliphatic carbocycles. The second-order valence-corrected chi connectivity index (χ2v) is 5.80. The molecule has 0 radical (unpaired) electrons. The molecule has 3 amide bonds. The van der Waals surface area contributed by atoms with Gasteiger partial charge in [-0.2, -0.15) is 5.10 Å². The average molecular weight is 313 g/mol. The van der Waals surface area contributed by atoms with Crippen molar-refractivity contribution in [2.45, 2.75) is 32.4 Å². The molecule has 2 aromatic rings.